The third-order valence-electron chi connectivity index (χ3n) is 5.74. The molecule has 0 heterocycles. The maximum Gasteiger partial charge on any atom is 0.264 e. The number of rotatable bonds is 11. The molecule has 3 aromatic carbocycles. The number of likely N-dealkylation sites (N-methyl/N-ethyl adjacent to an activating group) is 1. The first-order valence-electron chi connectivity index (χ1n) is 11.7. The Morgan fingerprint density at radius 2 is 1.68 bits per heavy atom. The summed E-state index contributed by atoms with van der Waals surface area (Å²) in [7, 11) is -2.57. The molecule has 0 saturated heterocycles. The summed E-state index contributed by atoms with van der Waals surface area (Å²) in [6.07, 6.45) is 0. The third kappa shape index (κ3) is 7.02. The highest BCUT2D eigenvalue weighted by atomic mass is 35.5. The number of sulfonamides is 1. The SMILES string of the molecule is CCNC(=O)[C@H](C)N(Cc1ccc(OC)cc1)C(=O)CN(c1cccc(Cl)c1)S(=O)(=O)c1ccccc1. The van der Waals surface area contributed by atoms with E-state index >= 15 is 0 Å². The topological polar surface area (TPSA) is 96.0 Å². The molecule has 1 atom stereocenters. The molecule has 0 unspecified atom stereocenters. The highest BCUT2D eigenvalue weighted by Crippen LogP contribution is 2.27. The fraction of sp³-hybridized carbons (Fsp3) is 0.259. The fourth-order valence-electron chi connectivity index (χ4n) is 3.71. The molecule has 196 valence electrons. The molecule has 0 aliphatic carbocycles. The van der Waals surface area contributed by atoms with E-state index < -0.39 is 28.5 Å². The number of amides is 2. The van der Waals surface area contributed by atoms with Crippen LogP contribution in [0.1, 0.15) is 19.4 Å². The van der Waals surface area contributed by atoms with E-state index in [-0.39, 0.29) is 23.0 Å². The van der Waals surface area contributed by atoms with Gasteiger partial charge in [0, 0.05) is 18.1 Å². The van der Waals surface area contributed by atoms with E-state index in [0.29, 0.717) is 17.3 Å². The van der Waals surface area contributed by atoms with Crippen LogP contribution in [-0.2, 0) is 26.2 Å². The molecular weight excluding hydrogens is 514 g/mol. The summed E-state index contributed by atoms with van der Waals surface area (Å²) < 4.78 is 33.5. The van der Waals surface area contributed by atoms with Crippen LogP contribution in [0.15, 0.2) is 83.8 Å². The summed E-state index contributed by atoms with van der Waals surface area (Å²) >= 11 is 6.16. The fourth-order valence-corrected chi connectivity index (χ4v) is 5.32. The second-order valence-corrected chi connectivity index (χ2v) is 10.5. The molecule has 3 rings (SSSR count). The van der Waals surface area contributed by atoms with Crippen LogP contribution in [0.3, 0.4) is 0 Å². The quantitative estimate of drug-likeness (QED) is 0.393. The molecule has 0 radical (unpaired) electrons. The van der Waals surface area contributed by atoms with Gasteiger partial charge >= 0.3 is 0 Å². The second-order valence-electron chi connectivity index (χ2n) is 8.24. The lowest BCUT2D eigenvalue weighted by Crippen LogP contribution is -2.51. The average molecular weight is 544 g/mol. The van der Waals surface area contributed by atoms with E-state index in [1.165, 1.54) is 23.1 Å². The smallest absolute Gasteiger partial charge is 0.264 e. The van der Waals surface area contributed by atoms with Gasteiger partial charge in [0.1, 0.15) is 18.3 Å². The number of hydrogen-bond donors (Lipinski definition) is 1. The Balaban J connectivity index is 2.00. The van der Waals surface area contributed by atoms with Crippen LogP contribution in [0.25, 0.3) is 0 Å². The van der Waals surface area contributed by atoms with Gasteiger partial charge in [-0.2, -0.15) is 0 Å². The zero-order valence-corrected chi connectivity index (χ0v) is 22.5. The molecule has 0 aromatic heterocycles. The van der Waals surface area contributed by atoms with Crippen molar-refractivity contribution < 1.29 is 22.7 Å². The van der Waals surface area contributed by atoms with Gasteiger partial charge < -0.3 is 15.0 Å². The maximum absolute atomic E-state index is 13.7. The van der Waals surface area contributed by atoms with E-state index in [0.717, 1.165) is 9.87 Å². The van der Waals surface area contributed by atoms with Crippen LogP contribution in [0.2, 0.25) is 5.02 Å². The number of halogens is 1. The van der Waals surface area contributed by atoms with Crippen molar-refractivity contribution in [3.63, 3.8) is 0 Å². The van der Waals surface area contributed by atoms with Crippen molar-refractivity contribution in [3.8, 4) is 5.75 Å². The van der Waals surface area contributed by atoms with E-state index in [1.54, 1.807) is 81.6 Å². The van der Waals surface area contributed by atoms with Gasteiger partial charge in [0.05, 0.1) is 17.7 Å². The molecule has 0 saturated carbocycles. The number of anilines is 1. The number of nitrogens with zero attached hydrogens (tertiary/aromatic N) is 2. The van der Waals surface area contributed by atoms with Crippen molar-refractivity contribution in [1.29, 1.82) is 0 Å². The summed E-state index contributed by atoms with van der Waals surface area (Å²) in [5.41, 5.74) is 0.991. The lowest BCUT2D eigenvalue weighted by atomic mass is 10.1. The molecule has 2 amide bonds. The van der Waals surface area contributed by atoms with Crippen LogP contribution < -0.4 is 14.4 Å². The zero-order valence-electron chi connectivity index (χ0n) is 20.9. The first kappa shape index (κ1) is 28.0. The molecule has 0 aliphatic rings. The van der Waals surface area contributed by atoms with Gasteiger partial charge in [0.25, 0.3) is 10.0 Å². The van der Waals surface area contributed by atoms with E-state index in [9.17, 15) is 18.0 Å². The predicted molar refractivity (Wildman–Crippen MR) is 144 cm³/mol. The number of nitrogens with one attached hydrogen (secondary N) is 1. The maximum atomic E-state index is 13.7. The number of carbonyl (C=O) groups is 2. The first-order chi connectivity index (χ1) is 17.7. The second kappa shape index (κ2) is 12.6. The minimum absolute atomic E-state index is 0.0289. The normalized spacial score (nSPS) is 11.9. The number of ether oxygens (including phenoxy) is 1. The van der Waals surface area contributed by atoms with Crippen molar-refractivity contribution >= 4 is 39.1 Å². The van der Waals surface area contributed by atoms with Gasteiger partial charge in [-0.1, -0.05) is 48.0 Å². The van der Waals surface area contributed by atoms with E-state index in [1.807, 2.05) is 0 Å². The van der Waals surface area contributed by atoms with E-state index in [4.69, 9.17) is 16.3 Å². The average Bonchev–Trinajstić information content (AvgIpc) is 2.90. The zero-order chi connectivity index (χ0) is 27.0. The number of hydrogen-bond acceptors (Lipinski definition) is 5. The number of methoxy groups -OCH3 is 1. The molecule has 0 fully saturated rings. The first-order valence-corrected chi connectivity index (χ1v) is 13.5. The third-order valence-corrected chi connectivity index (χ3v) is 7.76. The van der Waals surface area contributed by atoms with Gasteiger partial charge in [-0.05, 0) is 61.9 Å². The molecule has 0 aliphatic heterocycles. The molecule has 3 aromatic rings. The van der Waals surface area contributed by atoms with Gasteiger partial charge in [-0.3, -0.25) is 13.9 Å². The molecule has 37 heavy (non-hydrogen) atoms. The Kier molecular flexibility index (Phi) is 9.54. The number of benzene rings is 3. The standard InChI is InChI=1S/C27H30ClN3O5S/c1-4-29-27(33)20(2)30(18-21-13-15-24(36-3)16-14-21)26(32)19-31(23-10-8-9-22(28)17-23)37(34,35)25-11-6-5-7-12-25/h5-17,20H,4,18-19H2,1-3H3,(H,29,33)/t20-/m0/s1. The highest BCUT2D eigenvalue weighted by molar-refractivity contribution is 7.92. The van der Waals surface area contributed by atoms with Crippen molar-refractivity contribution in [2.24, 2.45) is 0 Å². The molecular formula is C27H30ClN3O5S. The van der Waals surface area contributed by atoms with Crippen LogP contribution in [0.5, 0.6) is 5.75 Å². The Morgan fingerprint density at radius 1 is 1.00 bits per heavy atom. The predicted octanol–water partition coefficient (Wildman–Crippen LogP) is 4.10. The highest BCUT2D eigenvalue weighted by Gasteiger charge is 2.32. The van der Waals surface area contributed by atoms with Crippen LogP contribution in [-0.4, -0.2) is 51.4 Å². The van der Waals surface area contributed by atoms with Crippen molar-refractivity contribution in [2.75, 3.05) is 24.5 Å². The number of carbonyl (C=O) groups excluding carboxylic acids is 2. The Hall–Kier alpha value is -3.56. The lowest BCUT2D eigenvalue weighted by Gasteiger charge is -2.32. The van der Waals surface area contributed by atoms with Crippen molar-refractivity contribution in [2.45, 2.75) is 31.3 Å². The van der Waals surface area contributed by atoms with Crippen molar-refractivity contribution in [3.05, 3.63) is 89.4 Å². The van der Waals surface area contributed by atoms with Crippen LogP contribution >= 0.6 is 11.6 Å². The summed E-state index contributed by atoms with van der Waals surface area (Å²) in [5.74, 6) is -0.238. The summed E-state index contributed by atoms with van der Waals surface area (Å²) in [4.78, 5) is 27.9. The van der Waals surface area contributed by atoms with E-state index in [2.05, 4.69) is 5.32 Å². The van der Waals surface area contributed by atoms with Crippen molar-refractivity contribution in [1.82, 2.24) is 10.2 Å². The lowest BCUT2D eigenvalue weighted by molar-refractivity contribution is -0.139. The molecule has 8 nitrogen and oxygen atoms in total. The molecule has 0 spiro atoms. The van der Waals surface area contributed by atoms with Gasteiger partial charge in [-0.15, -0.1) is 0 Å². The summed E-state index contributed by atoms with van der Waals surface area (Å²) in [6.45, 7) is 3.35. The Bertz CT molecular complexity index is 1320. The van der Waals surface area contributed by atoms with Crippen LogP contribution in [0, 0.1) is 0 Å². The van der Waals surface area contributed by atoms with Gasteiger partial charge in [0.15, 0.2) is 0 Å². The minimum Gasteiger partial charge on any atom is -0.497 e. The molecule has 10 heteroatoms. The summed E-state index contributed by atoms with van der Waals surface area (Å²) in [6, 6.07) is 20.4. The largest absolute Gasteiger partial charge is 0.497 e. The van der Waals surface area contributed by atoms with Crippen LogP contribution in [0.4, 0.5) is 5.69 Å². The monoisotopic (exact) mass is 543 g/mol. The summed E-state index contributed by atoms with van der Waals surface area (Å²) in [5, 5.41) is 3.05. The Labute approximate surface area is 222 Å². The Morgan fingerprint density at radius 3 is 2.27 bits per heavy atom. The van der Waals surface area contributed by atoms with Gasteiger partial charge in [0.2, 0.25) is 11.8 Å². The van der Waals surface area contributed by atoms with Gasteiger partial charge in [-0.25, -0.2) is 8.42 Å². The molecule has 0 bridgehead atoms. The minimum atomic E-state index is -4.13. The molecule has 1 N–H and O–H groups in total.